The van der Waals surface area contributed by atoms with Gasteiger partial charge in [-0.25, -0.2) is 0 Å². The number of nitro benzene ring substituents is 1. The normalized spacial score (nSPS) is 10.6. The average molecular weight is 338 g/mol. The Morgan fingerprint density at radius 1 is 1.25 bits per heavy atom. The van der Waals surface area contributed by atoms with Crippen molar-refractivity contribution in [2.24, 2.45) is 0 Å². The van der Waals surface area contributed by atoms with Crippen molar-refractivity contribution in [3.8, 4) is 0 Å². The summed E-state index contributed by atoms with van der Waals surface area (Å²) in [7, 11) is 0. The lowest BCUT2D eigenvalue weighted by Crippen LogP contribution is -2.25. The Morgan fingerprint density at radius 2 is 2.00 bits per heavy atom. The lowest BCUT2D eigenvalue weighted by molar-refractivity contribution is -0.384. The number of carbonyl (C=O) groups excluding carboxylic acids is 1. The van der Waals surface area contributed by atoms with Crippen molar-refractivity contribution in [2.75, 3.05) is 19.8 Å². The fourth-order valence-corrected chi connectivity index (χ4v) is 2.25. The molecular formula is C17H26N2O5. The standard InChI is InChI=1S/C17H26N2O5/c1-2-10-24-11-6-4-3-5-9-18-17(21)16-12-15(19(22)23)8-7-14(16)13-20/h7-8,12,20H,2-6,9-11,13H2,1H3,(H,18,21). The van der Waals surface area contributed by atoms with E-state index in [0.29, 0.717) is 12.1 Å². The molecule has 0 radical (unpaired) electrons. The third kappa shape index (κ3) is 7.06. The first-order chi connectivity index (χ1) is 11.6. The number of nitrogens with zero attached hydrogens (tertiary/aromatic N) is 1. The number of aliphatic hydroxyl groups excluding tert-OH is 1. The molecule has 0 spiro atoms. The van der Waals surface area contributed by atoms with Crippen molar-refractivity contribution < 1.29 is 19.6 Å². The smallest absolute Gasteiger partial charge is 0.270 e. The summed E-state index contributed by atoms with van der Waals surface area (Å²) in [5.74, 6) is -0.394. The molecule has 0 unspecified atom stereocenters. The van der Waals surface area contributed by atoms with E-state index in [1.165, 1.54) is 18.2 Å². The van der Waals surface area contributed by atoms with Crippen LogP contribution in [0.4, 0.5) is 5.69 Å². The van der Waals surface area contributed by atoms with Gasteiger partial charge in [0.25, 0.3) is 11.6 Å². The number of benzene rings is 1. The van der Waals surface area contributed by atoms with Crippen LogP contribution in [0, 0.1) is 10.1 Å². The SMILES string of the molecule is CCCOCCCCCCNC(=O)c1cc([N+](=O)[O-])ccc1CO. The molecule has 7 nitrogen and oxygen atoms in total. The van der Waals surface area contributed by atoms with E-state index in [4.69, 9.17) is 4.74 Å². The van der Waals surface area contributed by atoms with Crippen LogP contribution in [0.3, 0.4) is 0 Å². The second-order valence-electron chi connectivity index (χ2n) is 5.54. The lowest BCUT2D eigenvalue weighted by atomic mass is 10.1. The quantitative estimate of drug-likeness (QED) is 0.347. The van der Waals surface area contributed by atoms with Gasteiger partial charge in [0.2, 0.25) is 0 Å². The first-order valence-electron chi connectivity index (χ1n) is 8.34. The number of ether oxygens (including phenoxy) is 1. The zero-order valence-electron chi connectivity index (χ0n) is 14.1. The van der Waals surface area contributed by atoms with Crippen LogP contribution < -0.4 is 5.32 Å². The maximum atomic E-state index is 12.1. The summed E-state index contributed by atoms with van der Waals surface area (Å²) >= 11 is 0. The third-order valence-corrected chi connectivity index (χ3v) is 3.57. The minimum absolute atomic E-state index is 0.152. The molecule has 0 saturated heterocycles. The maximum Gasteiger partial charge on any atom is 0.270 e. The first-order valence-corrected chi connectivity index (χ1v) is 8.34. The van der Waals surface area contributed by atoms with Gasteiger partial charge in [-0.3, -0.25) is 14.9 Å². The first kappa shape index (κ1) is 20.1. The zero-order valence-corrected chi connectivity index (χ0v) is 14.1. The summed E-state index contributed by atoms with van der Waals surface area (Å²) < 4.78 is 5.39. The second-order valence-corrected chi connectivity index (χ2v) is 5.54. The Hall–Kier alpha value is -1.99. The fraction of sp³-hybridized carbons (Fsp3) is 0.588. The van der Waals surface area contributed by atoms with E-state index >= 15 is 0 Å². The molecule has 0 atom stereocenters. The van der Waals surface area contributed by atoms with Crippen LogP contribution in [0.25, 0.3) is 0 Å². The number of carbonyl (C=O) groups is 1. The number of non-ortho nitro benzene ring substituents is 1. The van der Waals surface area contributed by atoms with Gasteiger partial charge < -0.3 is 15.2 Å². The van der Waals surface area contributed by atoms with Crippen molar-refractivity contribution in [3.05, 3.63) is 39.4 Å². The Morgan fingerprint density at radius 3 is 2.67 bits per heavy atom. The highest BCUT2D eigenvalue weighted by Crippen LogP contribution is 2.18. The Balaban J connectivity index is 2.35. The number of unbranched alkanes of at least 4 members (excludes halogenated alkanes) is 3. The molecule has 1 rings (SSSR count). The molecule has 0 aliphatic carbocycles. The summed E-state index contributed by atoms with van der Waals surface area (Å²) in [5.41, 5.74) is 0.371. The van der Waals surface area contributed by atoms with Gasteiger partial charge >= 0.3 is 0 Å². The maximum absolute atomic E-state index is 12.1. The number of hydrogen-bond acceptors (Lipinski definition) is 5. The molecule has 1 aromatic rings. The number of nitro groups is 1. The molecule has 0 aliphatic heterocycles. The molecule has 0 heterocycles. The van der Waals surface area contributed by atoms with Crippen molar-refractivity contribution >= 4 is 11.6 Å². The molecule has 0 bridgehead atoms. The summed E-state index contributed by atoms with van der Waals surface area (Å²) in [5, 5.41) is 22.8. The van der Waals surface area contributed by atoms with E-state index in [1.54, 1.807) is 0 Å². The minimum atomic E-state index is -0.557. The average Bonchev–Trinajstić information content (AvgIpc) is 2.59. The van der Waals surface area contributed by atoms with Gasteiger partial charge in [0.15, 0.2) is 0 Å². The van der Waals surface area contributed by atoms with E-state index in [-0.39, 0.29) is 17.9 Å². The Kier molecular flexibility index (Phi) is 9.64. The van der Waals surface area contributed by atoms with Crippen molar-refractivity contribution in [1.29, 1.82) is 0 Å². The molecular weight excluding hydrogens is 312 g/mol. The highest BCUT2D eigenvalue weighted by molar-refractivity contribution is 5.96. The highest BCUT2D eigenvalue weighted by Gasteiger charge is 2.15. The summed E-state index contributed by atoms with van der Waals surface area (Å²) in [6.07, 6.45) is 4.89. The Bertz CT molecular complexity index is 534. The molecule has 1 amide bonds. The third-order valence-electron chi connectivity index (χ3n) is 3.57. The molecule has 0 aliphatic rings. The monoisotopic (exact) mass is 338 g/mol. The molecule has 134 valence electrons. The van der Waals surface area contributed by atoms with Crippen molar-refractivity contribution in [1.82, 2.24) is 5.32 Å². The predicted molar refractivity (Wildman–Crippen MR) is 90.9 cm³/mol. The molecule has 24 heavy (non-hydrogen) atoms. The van der Waals surface area contributed by atoms with E-state index in [2.05, 4.69) is 12.2 Å². The van der Waals surface area contributed by atoms with Crippen LogP contribution in [-0.2, 0) is 11.3 Å². The molecule has 7 heteroatoms. The minimum Gasteiger partial charge on any atom is -0.392 e. The van der Waals surface area contributed by atoms with Gasteiger partial charge in [-0.2, -0.15) is 0 Å². The Labute approximate surface area is 142 Å². The van der Waals surface area contributed by atoms with Gasteiger partial charge in [0, 0.05) is 31.9 Å². The topological polar surface area (TPSA) is 102 Å². The van der Waals surface area contributed by atoms with Crippen molar-refractivity contribution in [3.63, 3.8) is 0 Å². The van der Waals surface area contributed by atoms with Gasteiger partial charge in [-0.05, 0) is 30.9 Å². The summed E-state index contributed by atoms with van der Waals surface area (Å²) in [6.45, 7) is 3.81. The van der Waals surface area contributed by atoms with Crippen LogP contribution >= 0.6 is 0 Å². The van der Waals surface area contributed by atoms with E-state index in [9.17, 15) is 20.0 Å². The zero-order chi connectivity index (χ0) is 17.8. The molecule has 0 saturated carbocycles. The largest absolute Gasteiger partial charge is 0.392 e. The summed E-state index contributed by atoms with van der Waals surface area (Å²) in [6, 6.07) is 3.89. The molecule has 2 N–H and O–H groups in total. The van der Waals surface area contributed by atoms with Crippen LogP contribution in [0.15, 0.2) is 18.2 Å². The van der Waals surface area contributed by atoms with E-state index in [0.717, 1.165) is 45.3 Å². The van der Waals surface area contributed by atoms with E-state index < -0.39 is 10.8 Å². The number of aliphatic hydroxyl groups is 1. The fourth-order valence-electron chi connectivity index (χ4n) is 2.25. The molecule has 0 fully saturated rings. The lowest BCUT2D eigenvalue weighted by Gasteiger charge is -2.09. The number of nitrogens with one attached hydrogen (secondary N) is 1. The van der Waals surface area contributed by atoms with Crippen LogP contribution in [0.5, 0.6) is 0 Å². The number of amides is 1. The predicted octanol–water partition coefficient (Wildman–Crippen LogP) is 2.80. The second kappa shape index (κ2) is 11.5. The van der Waals surface area contributed by atoms with Gasteiger partial charge in [-0.1, -0.05) is 19.8 Å². The summed E-state index contributed by atoms with van der Waals surface area (Å²) in [4.78, 5) is 22.4. The van der Waals surface area contributed by atoms with Gasteiger partial charge in [0.1, 0.15) is 0 Å². The van der Waals surface area contributed by atoms with E-state index in [1.807, 2.05) is 0 Å². The van der Waals surface area contributed by atoms with Gasteiger partial charge in [0.05, 0.1) is 17.1 Å². The van der Waals surface area contributed by atoms with Crippen molar-refractivity contribution in [2.45, 2.75) is 45.6 Å². The molecule has 1 aromatic carbocycles. The number of hydrogen-bond donors (Lipinski definition) is 2. The van der Waals surface area contributed by atoms with Crippen LogP contribution in [0.2, 0.25) is 0 Å². The van der Waals surface area contributed by atoms with Crippen LogP contribution in [0.1, 0.15) is 54.9 Å². The molecule has 0 aromatic heterocycles. The van der Waals surface area contributed by atoms with Crippen LogP contribution in [-0.4, -0.2) is 35.7 Å². The highest BCUT2D eigenvalue weighted by atomic mass is 16.6. The van der Waals surface area contributed by atoms with Gasteiger partial charge in [-0.15, -0.1) is 0 Å². The number of rotatable bonds is 12.